The number of hydrogen-bond donors (Lipinski definition) is 2. The molecule has 0 aromatic heterocycles. The molecule has 20 heavy (non-hydrogen) atoms. The van der Waals surface area contributed by atoms with Crippen molar-refractivity contribution in [2.24, 2.45) is 0 Å². The molecule has 0 heterocycles. The molecule has 0 saturated carbocycles. The fourth-order valence-electron chi connectivity index (χ4n) is 2.21. The van der Waals surface area contributed by atoms with E-state index < -0.39 is 22.8 Å². The first kappa shape index (κ1) is 16.2. The zero-order valence-electron chi connectivity index (χ0n) is 11.8. The molecule has 1 atom stereocenters. The van der Waals surface area contributed by atoms with Gasteiger partial charge in [-0.1, -0.05) is 20.4 Å². The molecular formula is C15H19FO4. The Labute approximate surface area is 117 Å². The lowest BCUT2D eigenvalue weighted by molar-refractivity contribution is -0.155. The zero-order chi connectivity index (χ0) is 15.6. The summed E-state index contributed by atoms with van der Waals surface area (Å²) in [5.41, 5.74) is -2.42. The number of aliphatic hydroxyl groups is 1. The molecule has 0 aliphatic heterocycles. The minimum atomic E-state index is -2.08. The van der Waals surface area contributed by atoms with Crippen LogP contribution in [-0.4, -0.2) is 28.9 Å². The van der Waals surface area contributed by atoms with Gasteiger partial charge in [0, 0.05) is 5.56 Å². The van der Waals surface area contributed by atoms with E-state index >= 15 is 0 Å². The predicted octanol–water partition coefficient (Wildman–Crippen LogP) is 2.50. The summed E-state index contributed by atoms with van der Waals surface area (Å²) in [4.78, 5) is 11.2. The highest BCUT2D eigenvalue weighted by molar-refractivity contribution is 5.79. The Kier molecular flexibility index (Phi) is 4.55. The number of aliphatic carboxylic acids is 1. The molecule has 0 radical (unpaired) electrons. The average Bonchev–Trinajstić information content (AvgIpc) is 2.37. The largest absolute Gasteiger partial charge is 0.496 e. The van der Waals surface area contributed by atoms with E-state index in [0.717, 1.165) is 6.08 Å². The number of ether oxygens (including phenoxy) is 1. The van der Waals surface area contributed by atoms with Gasteiger partial charge in [-0.05, 0) is 36.1 Å². The third-order valence-electron chi connectivity index (χ3n) is 3.31. The predicted molar refractivity (Wildman–Crippen MR) is 73.4 cm³/mol. The van der Waals surface area contributed by atoms with Crippen LogP contribution in [0.2, 0.25) is 0 Å². The van der Waals surface area contributed by atoms with Crippen LogP contribution in [0.1, 0.15) is 25.8 Å². The molecule has 0 aliphatic rings. The van der Waals surface area contributed by atoms with E-state index in [2.05, 4.69) is 6.58 Å². The van der Waals surface area contributed by atoms with Crippen molar-refractivity contribution in [3.8, 4) is 5.75 Å². The van der Waals surface area contributed by atoms with E-state index in [0.29, 0.717) is 11.3 Å². The van der Waals surface area contributed by atoms with E-state index in [1.165, 1.54) is 25.3 Å². The highest BCUT2D eigenvalue weighted by Gasteiger charge is 2.40. The third kappa shape index (κ3) is 3.17. The molecule has 4 nitrogen and oxygen atoms in total. The van der Waals surface area contributed by atoms with Gasteiger partial charge < -0.3 is 14.9 Å². The summed E-state index contributed by atoms with van der Waals surface area (Å²) in [6, 6.07) is 4.01. The van der Waals surface area contributed by atoms with Crippen LogP contribution >= 0.6 is 0 Å². The Bertz CT molecular complexity index is 525. The Morgan fingerprint density at radius 2 is 2.10 bits per heavy atom. The van der Waals surface area contributed by atoms with Crippen molar-refractivity contribution in [3.63, 3.8) is 0 Å². The molecule has 1 aromatic carbocycles. The van der Waals surface area contributed by atoms with Crippen LogP contribution in [0.3, 0.4) is 0 Å². The van der Waals surface area contributed by atoms with Crippen molar-refractivity contribution < 1.29 is 24.1 Å². The third-order valence-corrected chi connectivity index (χ3v) is 3.31. The van der Waals surface area contributed by atoms with Gasteiger partial charge in [-0.25, -0.2) is 9.18 Å². The number of benzene rings is 1. The van der Waals surface area contributed by atoms with Crippen molar-refractivity contribution in [2.45, 2.75) is 31.3 Å². The first-order valence-electron chi connectivity index (χ1n) is 6.09. The Balaban J connectivity index is 3.26. The monoisotopic (exact) mass is 282 g/mol. The van der Waals surface area contributed by atoms with Crippen LogP contribution in [0.5, 0.6) is 5.75 Å². The van der Waals surface area contributed by atoms with Gasteiger partial charge in [-0.3, -0.25) is 0 Å². The fourth-order valence-corrected chi connectivity index (χ4v) is 2.21. The number of carboxylic acids is 1. The molecule has 0 amide bonds. The quantitative estimate of drug-likeness (QED) is 0.787. The highest BCUT2D eigenvalue weighted by atomic mass is 19.1. The maximum Gasteiger partial charge on any atom is 0.339 e. The van der Waals surface area contributed by atoms with E-state index in [9.17, 15) is 14.3 Å². The molecular weight excluding hydrogens is 263 g/mol. The maximum absolute atomic E-state index is 13.4. The maximum atomic E-state index is 13.4. The van der Waals surface area contributed by atoms with Gasteiger partial charge in [0.1, 0.15) is 11.6 Å². The topological polar surface area (TPSA) is 66.8 Å². The minimum Gasteiger partial charge on any atom is -0.496 e. The average molecular weight is 282 g/mol. The van der Waals surface area contributed by atoms with Crippen molar-refractivity contribution >= 4 is 5.97 Å². The molecule has 110 valence electrons. The minimum absolute atomic E-state index is 0.154. The molecule has 1 rings (SSSR count). The second-order valence-corrected chi connectivity index (χ2v) is 5.34. The Morgan fingerprint density at radius 1 is 1.50 bits per heavy atom. The normalized spacial score (nSPS) is 14.4. The van der Waals surface area contributed by atoms with Crippen molar-refractivity contribution in [1.82, 2.24) is 0 Å². The summed E-state index contributed by atoms with van der Waals surface area (Å²) in [5.74, 6) is -1.41. The van der Waals surface area contributed by atoms with Gasteiger partial charge in [-0.15, -0.1) is 0 Å². The lowest BCUT2D eigenvalue weighted by Crippen LogP contribution is -2.42. The second kappa shape index (κ2) is 5.63. The molecule has 0 fully saturated rings. The van der Waals surface area contributed by atoms with E-state index in [1.54, 1.807) is 13.8 Å². The lowest BCUT2D eigenvalue weighted by atomic mass is 9.74. The Morgan fingerprint density at radius 3 is 2.55 bits per heavy atom. The molecule has 1 unspecified atom stereocenters. The van der Waals surface area contributed by atoms with Crippen molar-refractivity contribution in [3.05, 3.63) is 42.2 Å². The summed E-state index contributed by atoms with van der Waals surface area (Å²) in [7, 11) is 1.45. The highest BCUT2D eigenvalue weighted by Crippen LogP contribution is 2.38. The van der Waals surface area contributed by atoms with E-state index in [-0.39, 0.29) is 6.42 Å². The molecule has 5 heteroatoms. The summed E-state index contributed by atoms with van der Waals surface area (Å²) in [6.07, 6.45) is 0.821. The van der Waals surface area contributed by atoms with Crippen LogP contribution in [-0.2, 0) is 10.2 Å². The summed E-state index contributed by atoms with van der Waals surface area (Å²) in [5, 5.41) is 19.2. The van der Waals surface area contributed by atoms with Crippen LogP contribution in [0.25, 0.3) is 0 Å². The van der Waals surface area contributed by atoms with E-state index in [4.69, 9.17) is 9.84 Å². The smallest absolute Gasteiger partial charge is 0.339 e. The van der Waals surface area contributed by atoms with Crippen LogP contribution in [0, 0.1) is 5.82 Å². The molecule has 0 bridgehead atoms. The van der Waals surface area contributed by atoms with Crippen LogP contribution < -0.4 is 4.74 Å². The first-order chi connectivity index (χ1) is 9.16. The number of halogens is 1. The van der Waals surface area contributed by atoms with Gasteiger partial charge >= 0.3 is 5.97 Å². The zero-order valence-corrected chi connectivity index (χ0v) is 11.8. The van der Waals surface area contributed by atoms with Crippen molar-refractivity contribution in [2.75, 3.05) is 7.11 Å². The molecule has 0 aliphatic carbocycles. The fraction of sp³-hybridized carbons (Fsp3) is 0.400. The van der Waals surface area contributed by atoms with Gasteiger partial charge in [0.15, 0.2) is 5.60 Å². The van der Waals surface area contributed by atoms with Gasteiger partial charge in [0.05, 0.1) is 7.11 Å². The number of hydrogen-bond acceptors (Lipinski definition) is 3. The number of carboxylic acid groups (broad SMARTS) is 1. The van der Waals surface area contributed by atoms with Crippen LogP contribution in [0.4, 0.5) is 4.39 Å². The SMILES string of the molecule is C=CC(O)(CC(C)(C)c1cc(F)ccc1OC)C(=O)O. The number of rotatable bonds is 6. The standard InChI is InChI=1S/C15H19FO4/c1-5-15(19,13(17)18)9-14(2,3)11-8-10(16)6-7-12(11)20-4/h5-8,19H,1,9H2,2-4H3,(H,17,18). The number of methoxy groups -OCH3 is 1. The van der Waals surface area contributed by atoms with Gasteiger partial charge in [0.2, 0.25) is 0 Å². The first-order valence-corrected chi connectivity index (χ1v) is 6.09. The number of carbonyl (C=O) groups is 1. The van der Waals surface area contributed by atoms with E-state index in [1.807, 2.05) is 0 Å². The molecule has 2 N–H and O–H groups in total. The van der Waals surface area contributed by atoms with Crippen LogP contribution in [0.15, 0.2) is 30.9 Å². The summed E-state index contributed by atoms with van der Waals surface area (Å²) in [6.45, 7) is 6.78. The summed E-state index contributed by atoms with van der Waals surface area (Å²) < 4.78 is 18.6. The second-order valence-electron chi connectivity index (χ2n) is 5.34. The molecule has 1 aromatic rings. The molecule has 0 spiro atoms. The molecule has 0 saturated heterocycles. The van der Waals surface area contributed by atoms with Crippen molar-refractivity contribution in [1.29, 1.82) is 0 Å². The summed E-state index contributed by atoms with van der Waals surface area (Å²) >= 11 is 0. The van der Waals surface area contributed by atoms with Gasteiger partial charge in [0.25, 0.3) is 0 Å². The lowest BCUT2D eigenvalue weighted by Gasteiger charge is -2.33. The Hall–Kier alpha value is -1.88. The van der Waals surface area contributed by atoms with Gasteiger partial charge in [-0.2, -0.15) is 0 Å².